The highest BCUT2D eigenvalue weighted by Gasteiger charge is 2.09. The standard InChI is InChI=1S/C20H19N5O3/c1-3-28-16-6-4-14(5-7-16)18-12-21-13-19(24-18)20(26)25-23-11-15-10-17(27-2)8-9-22-15/h4-13H,3H2,1-2H3,(H,25,26)/b23-11+. The maximum atomic E-state index is 12.3. The first-order valence-electron chi connectivity index (χ1n) is 8.58. The Balaban J connectivity index is 1.68. The molecular formula is C20H19N5O3. The Morgan fingerprint density at radius 1 is 1.18 bits per heavy atom. The Kier molecular flexibility index (Phi) is 6.25. The minimum atomic E-state index is -0.473. The van der Waals surface area contributed by atoms with Crippen LogP contribution in [0.1, 0.15) is 23.1 Å². The van der Waals surface area contributed by atoms with E-state index in [1.807, 2.05) is 31.2 Å². The number of aromatic nitrogens is 3. The van der Waals surface area contributed by atoms with Crippen molar-refractivity contribution in [1.29, 1.82) is 0 Å². The summed E-state index contributed by atoms with van der Waals surface area (Å²) in [7, 11) is 1.56. The van der Waals surface area contributed by atoms with Gasteiger partial charge in [-0.15, -0.1) is 0 Å². The fraction of sp³-hybridized carbons (Fsp3) is 0.150. The lowest BCUT2D eigenvalue weighted by Gasteiger charge is -2.05. The molecule has 1 amide bonds. The second-order valence-corrected chi connectivity index (χ2v) is 5.57. The van der Waals surface area contributed by atoms with Crippen molar-refractivity contribution in [3.63, 3.8) is 0 Å². The first-order valence-corrected chi connectivity index (χ1v) is 8.58. The molecule has 0 atom stereocenters. The van der Waals surface area contributed by atoms with Crippen molar-refractivity contribution < 1.29 is 14.3 Å². The summed E-state index contributed by atoms with van der Waals surface area (Å²) in [5.74, 6) is 0.949. The number of nitrogens with one attached hydrogen (secondary N) is 1. The predicted molar refractivity (Wildman–Crippen MR) is 104 cm³/mol. The van der Waals surface area contributed by atoms with Crippen molar-refractivity contribution in [3.05, 3.63) is 66.4 Å². The molecule has 0 spiro atoms. The fourth-order valence-corrected chi connectivity index (χ4v) is 2.34. The summed E-state index contributed by atoms with van der Waals surface area (Å²) in [5, 5.41) is 3.90. The molecule has 142 valence electrons. The van der Waals surface area contributed by atoms with Gasteiger partial charge in [0.05, 0.1) is 43.7 Å². The monoisotopic (exact) mass is 377 g/mol. The molecule has 0 saturated heterocycles. The highest BCUT2D eigenvalue weighted by molar-refractivity contribution is 5.93. The number of ether oxygens (including phenoxy) is 2. The third kappa shape index (κ3) is 4.88. The first kappa shape index (κ1) is 19.0. The Bertz CT molecular complexity index is 974. The lowest BCUT2D eigenvalue weighted by atomic mass is 10.1. The Hall–Kier alpha value is -3.81. The summed E-state index contributed by atoms with van der Waals surface area (Å²) in [6.45, 7) is 2.52. The number of rotatable bonds is 7. The molecule has 2 aromatic heterocycles. The molecule has 8 nitrogen and oxygen atoms in total. The number of hydrogen-bond donors (Lipinski definition) is 1. The SMILES string of the molecule is CCOc1ccc(-c2cncc(C(=O)N/N=C/c3cc(OC)ccn3)n2)cc1. The molecule has 0 fully saturated rings. The smallest absolute Gasteiger partial charge is 0.291 e. The van der Waals surface area contributed by atoms with E-state index in [9.17, 15) is 4.79 Å². The van der Waals surface area contributed by atoms with E-state index >= 15 is 0 Å². The van der Waals surface area contributed by atoms with Crippen LogP contribution in [0, 0.1) is 0 Å². The van der Waals surface area contributed by atoms with E-state index in [1.54, 1.807) is 31.6 Å². The van der Waals surface area contributed by atoms with Gasteiger partial charge in [0.1, 0.15) is 17.2 Å². The number of carbonyl (C=O) groups excluding carboxylic acids is 1. The van der Waals surface area contributed by atoms with Gasteiger partial charge in [-0.2, -0.15) is 5.10 Å². The number of amides is 1. The van der Waals surface area contributed by atoms with E-state index in [-0.39, 0.29) is 5.69 Å². The van der Waals surface area contributed by atoms with Crippen molar-refractivity contribution in [3.8, 4) is 22.8 Å². The highest BCUT2D eigenvalue weighted by Crippen LogP contribution is 2.20. The lowest BCUT2D eigenvalue weighted by Crippen LogP contribution is -2.19. The second-order valence-electron chi connectivity index (χ2n) is 5.57. The van der Waals surface area contributed by atoms with Crippen molar-refractivity contribution in [2.75, 3.05) is 13.7 Å². The summed E-state index contributed by atoms with van der Waals surface area (Å²) in [5.41, 5.74) is 4.53. The Morgan fingerprint density at radius 3 is 2.75 bits per heavy atom. The second kappa shape index (κ2) is 9.22. The van der Waals surface area contributed by atoms with Crippen molar-refractivity contribution >= 4 is 12.1 Å². The van der Waals surface area contributed by atoms with Gasteiger partial charge < -0.3 is 9.47 Å². The zero-order valence-corrected chi connectivity index (χ0v) is 15.5. The molecule has 0 aliphatic rings. The van der Waals surface area contributed by atoms with E-state index in [2.05, 4.69) is 25.5 Å². The molecule has 0 aliphatic heterocycles. The maximum Gasteiger partial charge on any atom is 0.291 e. The van der Waals surface area contributed by atoms with E-state index < -0.39 is 5.91 Å². The summed E-state index contributed by atoms with van der Waals surface area (Å²) >= 11 is 0. The largest absolute Gasteiger partial charge is 0.497 e. The molecule has 28 heavy (non-hydrogen) atoms. The number of hydrogen-bond acceptors (Lipinski definition) is 7. The van der Waals surface area contributed by atoms with Gasteiger partial charge in [0, 0.05) is 17.8 Å². The van der Waals surface area contributed by atoms with Crippen LogP contribution in [0.4, 0.5) is 0 Å². The van der Waals surface area contributed by atoms with Crippen molar-refractivity contribution in [1.82, 2.24) is 20.4 Å². The zero-order chi connectivity index (χ0) is 19.8. The number of methoxy groups -OCH3 is 1. The van der Waals surface area contributed by atoms with Gasteiger partial charge in [-0.05, 0) is 37.3 Å². The molecule has 8 heteroatoms. The normalized spacial score (nSPS) is 10.6. The number of pyridine rings is 1. The van der Waals surface area contributed by atoms with Gasteiger partial charge in [0.2, 0.25) is 0 Å². The molecule has 3 aromatic rings. The van der Waals surface area contributed by atoms with Crippen LogP contribution in [0.25, 0.3) is 11.3 Å². The molecule has 3 rings (SSSR count). The average molecular weight is 377 g/mol. The minimum absolute atomic E-state index is 0.155. The molecule has 0 saturated carbocycles. The van der Waals surface area contributed by atoms with E-state index in [0.717, 1.165) is 11.3 Å². The molecule has 0 bridgehead atoms. The maximum absolute atomic E-state index is 12.3. The van der Waals surface area contributed by atoms with Crippen LogP contribution >= 0.6 is 0 Å². The summed E-state index contributed by atoms with van der Waals surface area (Å²) in [6, 6.07) is 10.8. The molecule has 0 radical (unpaired) electrons. The number of hydrazone groups is 1. The predicted octanol–water partition coefficient (Wildman–Crippen LogP) is 2.71. The summed E-state index contributed by atoms with van der Waals surface area (Å²) in [6.07, 6.45) is 5.99. The van der Waals surface area contributed by atoms with Gasteiger partial charge in [0.15, 0.2) is 0 Å². The summed E-state index contributed by atoms with van der Waals surface area (Å²) < 4.78 is 10.5. The Labute approximate surface area is 162 Å². The third-order valence-corrected chi connectivity index (χ3v) is 3.68. The van der Waals surface area contributed by atoms with Gasteiger partial charge >= 0.3 is 0 Å². The number of benzene rings is 1. The van der Waals surface area contributed by atoms with Crippen molar-refractivity contribution in [2.45, 2.75) is 6.92 Å². The van der Waals surface area contributed by atoms with Gasteiger partial charge in [0.25, 0.3) is 5.91 Å². The average Bonchev–Trinajstić information content (AvgIpc) is 2.75. The van der Waals surface area contributed by atoms with Crippen LogP contribution in [0.3, 0.4) is 0 Å². The third-order valence-electron chi connectivity index (χ3n) is 3.68. The van der Waals surface area contributed by atoms with Crippen molar-refractivity contribution in [2.24, 2.45) is 5.10 Å². The van der Waals surface area contributed by atoms with Crippen LogP contribution in [-0.4, -0.2) is 40.8 Å². The van der Waals surface area contributed by atoms with E-state index in [0.29, 0.717) is 23.7 Å². The summed E-state index contributed by atoms with van der Waals surface area (Å²) in [4.78, 5) is 24.8. The molecule has 1 aromatic carbocycles. The lowest BCUT2D eigenvalue weighted by molar-refractivity contribution is 0.0950. The quantitative estimate of drug-likeness (QED) is 0.502. The molecule has 1 N–H and O–H groups in total. The Morgan fingerprint density at radius 2 is 2.00 bits per heavy atom. The van der Waals surface area contributed by atoms with Crippen LogP contribution < -0.4 is 14.9 Å². The fourth-order valence-electron chi connectivity index (χ4n) is 2.34. The van der Waals surface area contributed by atoms with E-state index in [4.69, 9.17) is 9.47 Å². The van der Waals surface area contributed by atoms with Gasteiger partial charge in [-0.25, -0.2) is 10.4 Å². The number of carbonyl (C=O) groups is 1. The van der Waals surface area contributed by atoms with Crippen LogP contribution in [0.5, 0.6) is 11.5 Å². The molecule has 0 unspecified atom stereocenters. The molecule has 0 aliphatic carbocycles. The zero-order valence-electron chi connectivity index (χ0n) is 15.5. The topological polar surface area (TPSA) is 98.6 Å². The minimum Gasteiger partial charge on any atom is -0.497 e. The van der Waals surface area contributed by atoms with Crippen LogP contribution in [-0.2, 0) is 0 Å². The first-order chi connectivity index (χ1) is 13.7. The van der Waals surface area contributed by atoms with Crippen LogP contribution in [0.2, 0.25) is 0 Å². The van der Waals surface area contributed by atoms with Gasteiger partial charge in [-0.1, -0.05) is 0 Å². The number of nitrogens with zero attached hydrogens (tertiary/aromatic N) is 4. The highest BCUT2D eigenvalue weighted by atomic mass is 16.5. The van der Waals surface area contributed by atoms with Crippen LogP contribution in [0.15, 0.2) is 60.1 Å². The van der Waals surface area contributed by atoms with Gasteiger partial charge in [-0.3, -0.25) is 14.8 Å². The molecule has 2 heterocycles. The van der Waals surface area contributed by atoms with E-state index in [1.165, 1.54) is 12.4 Å². The molecular weight excluding hydrogens is 358 g/mol.